The minimum absolute atomic E-state index is 0.214. The summed E-state index contributed by atoms with van der Waals surface area (Å²) in [6, 6.07) is 28.9. The van der Waals surface area contributed by atoms with Crippen LogP contribution in [0.25, 0.3) is 32.9 Å². The second-order valence-electron chi connectivity index (χ2n) is 8.27. The van der Waals surface area contributed by atoms with E-state index in [-0.39, 0.29) is 5.56 Å². The Hall–Kier alpha value is -4.06. The average molecular weight is 457 g/mol. The molecule has 0 spiro atoms. The van der Waals surface area contributed by atoms with E-state index in [0.29, 0.717) is 12.1 Å². The Kier molecular flexibility index (Phi) is 5.36. The third-order valence-corrected chi connectivity index (χ3v) is 5.94. The van der Waals surface area contributed by atoms with Gasteiger partial charge in [-0.05, 0) is 52.6 Å². The van der Waals surface area contributed by atoms with Gasteiger partial charge < -0.3 is 10.3 Å². The molecular weight excluding hydrogens is 437 g/mol. The number of carbonyl (C=O) groups excluding carboxylic acids is 1. The largest absolute Gasteiger partial charge is 0.393 e. The van der Waals surface area contributed by atoms with Crippen molar-refractivity contribution in [3.8, 4) is 11.1 Å². The van der Waals surface area contributed by atoms with Gasteiger partial charge in [0.25, 0.3) is 0 Å². The molecule has 0 aliphatic rings. The first-order valence-corrected chi connectivity index (χ1v) is 10.8. The molecule has 0 bridgehead atoms. The zero-order valence-electron chi connectivity index (χ0n) is 18.1. The van der Waals surface area contributed by atoms with Crippen LogP contribution in [-0.4, -0.2) is 16.7 Å². The summed E-state index contributed by atoms with van der Waals surface area (Å²) in [5.74, 6) is -0.512. The van der Waals surface area contributed by atoms with Crippen LogP contribution in [0.5, 0.6) is 0 Å². The Balaban J connectivity index is 1.67. The summed E-state index contributed by atoms with van der Waals surface area (Å²) in [5, 5.41) is 1.52. The number of hydrogen-bond acceptors (Lipinski definition) is 1. The molecule has 1 radical (unpaired) electrons. The number of benzene rings is 4. The molecule has 0 atom stereocenters. The van der Waals surface area contributed by atoms with E-state index < -0.39 is 18.5 Å². The summed E-state index contributed by atoms with van der Waals surface area (Å²) in [5.41, 5.74) is 10.7. The molecule has 0 fully saturated rings. The van der Waals surface area contributed by atoms with Crippen molar-refractivity contribution in [2.75, 3.05) is 0 Å². The Morgan fingerprint density at radius 1 is 0.853 bits per heavy atom. The van der Waals surface area contributed by atoms with Crippen molar-refractivity contribution in [2.24, 2.45) is 5.73 Å². The van der Waals surface area contributed by atoms with E-state index in [0.717, 1.165) is 38.5 Å². The van der Waals surface area contributed by atoms with E-state index in [4.69, 9.17) is 5.73 Å². The first-order chi connectivity index (χ1) is 16.3. The minimum atomic E-state index is -4.25. The van der Waals surface area contributed by atoms with Gasteiger partial charge in [-0.2, -0.15) is 13.2 Å². The SMILES string of the molecule is NC(=O)c1cccc2c1c1[c]cc(-c3ccc(CC(F)(F)F)cc3)cc1n2Cc1ccccc1. The van der Waals surface area contributed by atoms with Crippen molar-refractivity contribution < 1.29 is 18.0 Å². The maximum Gasteiger partial charge on any atom is 0.393 e. The number of aromatic nitrogens is 1. The zero-order chi connectivity index (χ0) is 23.9. The molecule has 2 N–H and O–H groups in total. The van der Waals surface area contributed by atoms with Crippen molar-refractivity contribution in [3.63, 3.8) is 0 Å². The van der Waals surface area contributed by atoms with E-state index in [1.165, 1.54) is 12.1 Å². The molecule has 169 valence electrons. The Morgan fingerprint density at radius 2 is 1.59 bits per heavy atom. The van der Waals surface area contributed by atoms with E-state index in [9.17, 15) is 18.0 Å². The van der Waals surface area contributed by atoms with E-state index in [1.54, 1.807) is 24.3 Å². The number of hydrogen-bond donors (Lipinski definition) is 1. The van der Waals surface area contributed by atoms with Crippen molar-refractivity contribution in [2.45, 2.75) is 19.1 Å². The molecule has 5 aromatic rings. The highest BCUT2D eigenvalue weighted by molar-refractivity contribution is 6.18. The lowest BCUT2D eigenvalue weighted by atomic mass is 10.00. The molecule has 0 saturated heterocycles. The van der Waals surface area contributed by atoms with Crippen LogP contribution in [0.1, 0.15) is 21.5 Å². The fraction of sp³-hybridized carbons (Fsp3) is 0.107. The van der Waals surface area contributed by atoms with E-state index in [2.05, 4.69) is 10.6 Å². The van der Waals surface area contributed by atoms with Gasteiger partial charge in [-0.1, -0.05) is 60.7 Å². The molecule has 3 nitrogen and oxygen atoms in total. The summed E-state index contributed by atoms with van der Waals surface area (Å²) >= 11 is 0. The highest BCUT2D eigenvalue weighted by Gasteiger charge is 2.27. The van der Waals surface area contributed by atoms with Crippen molar-refractivity contribution in [3.05, 3.63) is 108 Å². The Morgan fingerprint density at radius 3 is 2.26 bits per heavy atom. The highest BCUT2D eigenvalue weighted by atomic mass is 19.4. The molecule has 0 aliphatic heterocycles. The summed E-state index contributed by atoms with van der Waals surface area (Å²) in [7, 11) is 0. The molecule has 1 aromatic heterocycles. The fourth-order valence-corrected chi connectivity index (χ4v) is 4.41. The predicted molar refractivity (Wildman–Crippen MR) is 128 cm³/mol. The number of carbonyl (C=O) groups is 1. The normalized spacial score (nSPS) is 11.9. The number of rotatable bonds is 5. The molecule has 4 aromatic carbocycles. The molecule has 1 amide bonds. The van der Waals surface area contributed by atoms with Crippen LogP contribution in [0.2, 0.25) is 0 Å². The van der Waals surface area contributed by atoms with Gasteiger partial charge in [-0.3, -0.25) is 4.79 Å². The third kappa shape index (κ3) is 4.15. The zero-order valence-corrected chi connectivity index (χ0v) is 18.1. The maximum atomic E-state index is 12.7. The number of alkyl halides is 3. The first kappa shape index (κ1) is 21.8. The van der Waals surface area contributed by atoms with Crippen LogP contribution in [0.15, 0.2) is 84.9 Å². The monoisotopic (exact) mass is 457 g/mol. The quantitative estimate of drug-likeness (QED) is 0.321. The standard InChI is InChI=1S/C28H20F3N2O/c29-28(30,31)16-18-9-11-20(12-10-18)21-13-14-22-25(15-21)33(17-19-5-2-1-3-6-19)24-8-4-7-23(26(22)24)27(32)34/h1-13,15H,16-17H2,(H2,32,34). The second kappa shape index (κ2) is 8.37. The lowest BCUT2D eigenvalue weighted by molar-refractivity contribution is -0.127. The predicted octanol–water partition coefficient (Wildman–Crippen LogP) is 6.51. The van der Waals surface area contributed by atoms with Crippen LogP contribution >= 0.6 is 0 Å². The van der Waals surface area contributed by atoms with Crippen LogP contribution in [-0.2, 0) is 13.0 Å². The number of primary amides is 1. The smallest absolute Gasteiger partial charge is 0.366 e. The molecule has 1 heterocycles. The van der Waals surface area contributed by atoms with Gasteiger partial charge in [0, 0.05) is 22.9 Å². The maximum absolute atomic E-state index is 12.7. The Bertz CT molecular complexity index is 1500. The van der Waals surface area contributed by atoms with Crippen LogP contribution in [0, 0.1) is 6.07 Å². The third-order valence-electron chi connectivity index (χ3n) is 5.94. The van der Waals surface area contributed by atoms with Gasteiger partial charge in [0.05, 0.1) is 17.5 Å². The number of nitrogens with two attached hydrogens (primary N) is 1. The van der Waals surface area contributed by atoms with Gasteiger partial charge >= 0.3 is 6.18 Å². The van der Waals surface area contributed by atoms with Crippen molar-refractivity contribution in [1.82, 2.24) is 4.57 Å². The summed E-state index contributed by atoms with van der Waals surface area (Å²) in [6.45, 7) is 0.574. The Labute approximate surface area is 194 Å². The molecule has 6 heteroatoms. The van der Waals surface area contributed by atoms with Crippen LogP contribution in [0.4, 0.5) is 13.2 Å². The summed E-state index contributed by atoms with van der Waals surface area (Å²) in [4.78, 5) is 12.2. The number of amides is 1. The van der Waals surface area contributed by atoms with Gasteiger partial charge in [0.15, 0.2) is 0 Å². The topological polar surface area (TPSA) is 48.0 Å². The molecule has 0 unspecified atom stereocenters. The lowest BCUT2D eigenvalue weighted by Crippen LogP contribution is -2.11. The highest BCUT2D eigenvalue weighted by Crippen LogP contribution is 2.35. The van der Waals surface area contributed by atoms with E-state index >= 15 is 0 Å². The van der Waals surface area contributed by atoms with Gasteiger partial charge in [-0.25, -0.2) is 0 Å². The fourth-order valence-electron chi connectivity index (χ4n) is 4.41. The molecule has 0 aliphatic carbocycles. The molecule has 0 saturated carbocycles. The van der Waals surface area contributed by atoms with Crippen LogP contribution < -0.4 is 5.73 Å². The second-order valence-corrected chi connectivity index (χ2v) is 8.27. The average Bonchev–Trinajstić information content (AvgIpc) is 3.12. The van der Waals surface area contributed by atoms with Crippen molar-refractivity contribution >= 4 is 27.7 Å². The summed E-state index contributed by atoms with van der Waals surface area (Å²) < 4.78 is 40.3. The van der Waals surface area contributed by atoms with Gasteiger partial charge in [0.1, 0.15) is 0 Å². The van der Waals surface area contributed by atoms with Gasteiger partial charge in [0.2, 0.25) is 5.91 Å². The molecular formula is C28H20F3N2O. The van der Waals surface area contributed by atoms with Crippen molar-refractivity contribution in [1.29, 1.82) is 0 Å². The summed E-state index contributed by atoms with van der Waals surface area (Å²) in [6.07, 6.45) is -5.20. The minimum Gasteiger partial charge on any atom is -0.366 e. The molecule has 5 rings (SSSR count). The molecule has 34 heavy (non-hydrogen) atoms. The van der Waals surface area contributed by atoms with E-state index in [1.807, 2.05) is 48.5 Å². The number of halogens is 3. The first-order valence-electron chi connectivity index (χ1n) is 10.8. The van der Waals surface area contributed by atoms with Crippen LogP contribution in [0.3, 0.4) is 0 Å². The number of nitrogens with zero attached hydrogens (tertiary/aromatic N) is 1. The lowest BCUT2D eigenvalue weighted by Gasteiger charge is -2.10. The number of fused-ring (bicyclic) bond motifs is 3. The van der Waals surface area contributed by atoms with Gasteiger partial charge in [-0.15, -0.1) is 0 Å².